The molecule has 1 saturated heterocycles. The van der Waals surface area contributed by atoms with Crippen molar-refractivity contribution >= 4 is 0 Å². The average Bonchev–Trinajstić information content (AvgIpc) is 1.95. The fourth-order valence-corrected chi connectivity index (χ4v) is 1.17. The van der Waals surface area contributed by atoms with Gasteiger partial charge in [0.25, 0.3) is 0 Å². The highest BCUT2D eigenvalue weighted by Crippen LogP contribution is 2.20. The first-order chi connectivity index (χ1) is 5.04. The van der Waals surface area contributed by atoms with Gasteiger partial charge in [-0.1, -0.05) is 13.8 Å². The summed E-state index contributed by atoms with van der Waals surface area (Å²) in [5.74, 6) is 0.634. The molecule has 0 aromatic heterocycles. The van der Waals surface area contributed by atoms with Crippen molar-refractivity contribution in [1.82, 2.24) is 5.32 Å². The van der Waals surface area contributed by atoms with Crippen LogP contribution in [0, 0.1) is 5.92 Å². The highest BCUT2D eigenvalue weighted by Gasteiger charge is 2.32. The molecule has 2 nitrogen and oxygen atoms in total. The second-order valence-electron chi connectivity index (χ2n) is 4.07. The predicted octanol–water partition coefficient (Wildman–Crippen LogP) is 1.41. The largest absolute Gasteiger partial charge is 0.375 e. The molecule has 0 amide bonds. The van der Waals surface area contributed by atoms with E-state index in [9.17, 15) is 0 Å². The summed E-state index contributed by atoms with van der Waals surface area (Å²) < 4.78 is 5.59. The van der Waals surface area contributed by atoms with Crippen molar-refractivity contribution in [2.75, 3.05) is 13.2 Å². The van der Waals surface area contributed by atoms with Crippen LogP contribution in [0.1, 0.15) is 27.7 Å². The van der Waals surface area contributed by atoms with Crippen molar-refractivity contribution in [3.63, 3.8) is 0 Å². The Morgan fingerprint density at radius 1 is 1.55 bits per heavy atom. The summed E-state index contributed by atoms with van der Waals surface area (Å²) in [6.45, 7) is 10.6. The van der Waals surface area contributed by atoms with Crippen LogP contribution >= 0.6 is 0 Å². The topological polar surface area (TPSA) is 21.3 Å². The van der Waals surface area contributed by atoms with Crippen LogP contribution in [-0.2, 0) is 4.74 Å². The first-order valence-corrected chi connectivity index (χ1v) is 4.41. The summed E-state index contributed by atoms with van der Waals surface area (Å²) in [4.78, 5) is 0. The van der Waals surface area contributed by atoms with Crippen LogP contribution in [0.3, 0.4) is 0 Å². The van der Waals surface area contributed by atoms with Crippen LogP contribution in [0.5, 0.6) is 0 Å². The molecule has 0 aliphatic carbocycles. The molecule has 0 aromatic carbocycles. The van der Waals surface area contributed by atoms with E-state index in [0.29, 0.717) is 12.0 Å². The van der Waals surface area contributed by atoms with Gasteiger partial charge in [0.1, 0.15) is 0 Å². The van der Waals surface area contributed by atoms with Crippen LogP contribution < -0.4 is 5.32 Å². The van der Waals surface area contributed by atoms with E-state index < -0.39 is 0 Å². The van der Waals surface area contributed by atoms with Crippen molar-refractivity contribution < 1.29 is 4.74 Å². The zero-order valence-electron chi connectivity index (χ0n) is 7.98. The summed E-state index contributed by atoms with van der Waals surface area (Å²) in [6.07, 6.45) is 0.377. The van der Waals surface area contributed by atoms with Crippen molar-refractivity contribution in [2.24, 2.45) is 5.92 Å². The van der Waals surface area contributed by atoms with Crippen LogP contribution in [0.25, 0.3) is 0 Å². The summed E-state index contributed by atoms with van der Waals surface area (Å²) >= 11 is 0. The van der Waals surface area contributed by atoms with Gasteiger partial charge in [-0.2, -0.15) is 0 Å². The minimum Gasteiger partial charge on any atom is -0.375 e. The van der Waals surface area contributed by atoms with E-state index in [1.54, 1.807) is 0 Å². The van der Waals surface area contributed by atoms with Crippen molar-refractivity contribution in [2.45, 2.75) is 39.3 Å². The van der Waals surface area contributed by atoms with Crippen LogP contribution in [0.15, 0.2) is 0 Å². The summed E-state index contributed by atoms with van der Waals surface area (Å²) in [6, 6.07) is 0. The molecule has 0 saturated carbocycles. The monoisotopic (exact) mass is 157 g/mol. The van der Waals surface area contributed by atoms with Gasteiger partial charge in [0.15, 0.2) is 0 Å². The van der Waals surface area contributed by atoms with E-state index in [0.717, 1.165) is 13.2 Å². The molecule has 0 bridgehead atoms. The summed E-state index contributed by atoms with van der Waals surface area (Å²) in [7, 11) is 0. The maximum atomic E-state index is 5.59. The fraction of sp³-hybridized carbons (Fsp3) is 1.00. The standard InChI is InChI=1S/C9H19NO/c1-7(2)9(4)6-11-8(3)5-10-9/h7-8,10H,5-6H2,1-4H3. The van der Waals surface area contributed by atoms with Gasteiger partial charge in [0, 0.05) is 12.1 Å². The third-order valence-electron chi connectivity index (χ3n) is 2.74. The third-order valence-corrected chi connectivity index (χ3v) is 2.74. The lowest BCUT2D eigenvalue weighted by Crippen LogP contribution is -2.57. The predicted molar refractivity (Wildman–Crippen MR) is 46.7 cm³/mol. The highest BCUT2D eigenvalue weighted by atomic mass is 16.5. The Bertz CT molecular complexity index is 126. The molecule has 2 atom stereocenters. The van der Waals surface area contributed by atoms with Gasteiger partial charge in [-0.3, -0.25) is 0 Å². The SMILES string of the molecule is CC1CNC(C)(C(C)C)CO1. The number of hydrogen-bond acceptors (Lipinski definition) is 2. The Hall–Kier alpha value is -0.0800. The lowest BCUT2D eigenvalue weighted by molar-refractivity contribution is -0.0332. The minimum absolute atomic E-state index is 0.187. The lowest BCUT2D eigenvalue weighted by Gasteiger charge is -2.40. The average molecular weight is 157 g/mol. The van der Waals surface area contributed by atoms with E-state index in [2.05, 4.69) is 33.0 Å². The molecule has 0 spiro atoms. The van der Waals surface area contributed by atoms with E-state index in [1.165, 1.54) is 0 Å². The zero-order chi connectivity index (χ0) is 8.48. The quantitative estimate of drug-likeness (QED) is 0.621. The molecule has 2 unspecified atom stereocenters. The molecule has 66 valence electrons. The molecule has 1 fully saturated rings. The molecule has 2 heteroatoms. The van der Waals surface area contributed by atoms with Crippen LogP contribution in [-0.4, -0.2) is 24.8 Å². The van der Waals surface area contributed by atoms with Crippen molar-refractivity contribution in [3.05, 3.63) is 0 Å². The second kappa shape index (κ2) is 3.11. The first kappa shape index (κ1) is 9.01. The van der Waals surface area contributed by atoms with Crippen molar-refractivity contribution in [3.8, 4) is 0 Å². The van der Waals surface area contributed by atoms with E-state index in [1.807, 2.05) is 0 Å². The highest BCUT2D eigenvalue weighted by molar-refractivity contribution is 4.89. The van der Waals surface area contributed by atoms with Gasteiger partial charge in [0.2, 0.25) is 0 Å². The smallest absolute Gasteiger partial charge is 0.0672 e. The van der Waals surface area contributed by atoms with Crippen molar-refractivity contribution in [1.29, 1.82) is 0 Å². The third kappa shape index (κ3) is 1.94. The Kier molecular flexibility index (Phi) is 2.55. The minimum atomic E-state index is 0.187. The molecule has 1 N–H and O–H groups in total. The Morgan fingerprint density at radius 3 is 2.55 bits per heavy atom. The number of ether oxygens (including phenoxy) is 1. The second-order valence-corrected chi connectivity index (χ2v) is 4.07. The molecule has 1 heterocycles. The Morgan fingerprint density at radius 2 is 2.18 bits per heavy atom. The van der Waals surface area contributed by atoms with E-state index >= 15 is 0 Å². The molecule has 0 aromatic rings. The van der Waals surface area contributed by atoms with Gasteiger partial charge in [0.05, 0.1) is 12.7 Å². The summed E-state index contributed by atoms with van der Waals surface area (Å²) in [5, 5.41) is 3.52. The maximum absolute atomic E-state index is 5.59. The van der Waals surface area contributed by atoms with Gasteiger partial charge < -0.3 is 10.1 Å². The first-order valence-electron chi connectivity index (χ1n) is 4.41. The van der Waals surface area contributed by atoms with E-state index in [4.69, 9.17) is 4.74 Å². The molecule has 1 rings (SSSR count). The fourth-order valence-electron chi connectivity index (χ4n) is 1.17. The number of morpholine rings is 1. The van der Waals surface area contributed by atoms with Gasteiger partial charge >= 0.3 is 0 Å². The molecule has 11 heavy (non-hydrogen) atoms. The Balaban J connectivity index is 2.48. The molecular weight excluding hydrogens is 138 g/mol. The molecule has 1 aliphatic rings. The van der Waals surface area contributed by atoms with Gasteiger partial charge in [-0.05, 0) is 19.8 Å². The molecule has 1 aliphatic heterocycles. The summed E-state index contributed by atoms with van der Waals surface area (Å²) in [5.41, 5.74) is 0.187. The lowest BCUT2D eigenvalue weighted by atomic mass is 9.88. The normalized spacial score (nSPS) is 39.5. The zero-order valence-corrected chi connectivity index (χ0v) is 7.98. The van der Waals surface area contributed by atoms with Gasteiger partial charge in [-0.25, -0.2) is 0 Å². The Labute approximate surface area is 69.3 Å². The van der Waals surface area contributed by atoms with E-state index in [-0.39, 0.29) is 5.54 Å². The van der Waals surface area contributed by atoms with Crippen LogP contribution in [0.4, 0.5) is 0 Å². The van der Waals surface area contributed by atoms with Crippen LogP contribution in [0.2, 0.25) is 0 Å². The number of hydrogen-bond donors (Lipinski definition) is 1. The maximum Gasteiger partial charge on any atom is 0.0672 e. The number of rotatable bonds is 1. The molecule has 0 radical (unpaired) electrons. The number of nitrogens with one attached hydrogen (secondary N) is 1. The van der Waals surface area contributed by atoms with Gasteiger partial charge in [-0.15, -0.1) is 0 Å². The molecular formula is C9H19NO.